The summed E-state index contributed by atoms with van der Waals surface area (Å²) in [5, 5.41) is 2.17. The van der Waals surface area contributed by atoms with E-state index in [1.165, 1.54) is 28.8 Å². The maximum atomic E-state index is 9.19. The van der Waals surface area contributed by atoms with Crippen molar-refractivity contribution in [2.45, 2.75) is 31.6 Å². The van der Waals surface area contributed by atoms with E-state index < -0.39 is 10.1 Å². The highest BCUT2D eigenvalue weighted by molar-refractivity contribution is 7.85. The summed E-state index contributed by atoms with van der Waals surface area (Å²) in [4.78, 5) is 3.97. The van der Waals surface area contributed by atoms with E-state index in [1.807, 2.05) is 11.3 Å². The standard InChI is InChI=1S/C19H25NOS.CH4O3S/c1-20(12-11-16-7-5-13-22-16)14-15-6-3-9-18-17(15)8-4-10-19(18)21-2;1-5(2,3)4/h4-5,7-8,10,13,15H,3,6,9,11-12,14H2,1-2H3;1H3,(H,2,3,4). The van der Waals surface area contributed by atoms with E-state index in [0.717, 1.165) is 31.7 Å². The molecular formula is C20H29NO4S2. The topological polar surface area (TPSA) is 66.8 Å². The van der Waals surface area contributed by atoms with E-state index in [9.17, 15) is 8.42 Å². The molecule has 0 saturated heterocycles. The van der Waals surface area contributed by atoms with E-state index in [4.69, 9.17) is 9.29 Å². The van der Waals surface area contributed by atoms with Crippen molar-refractivity contribution in [3.8, 4) is 5.75 Å². The lowest BCUT2D eigenvalue weighted by Crippen LogP contribution is -2.28. The molecule has 1 atom stereocenters. The third-order valence-corrected chi connectivity index (χ3v) is 5.60. The van der Waals surface area contributed by atoms with Crippen LogP contribution < -0.4 is 4.74 Å². The fourth-order valence-electron chi connectivity index (χ4n) is 3.52. The number of benzene rings is 1. The van der Waals surface area contributed by atoms with E-state index >= 15 is 0 Å². The van der Waals surface area contributed by atoms with Gasteiger partial charge in [-0.05, 0) is 67.3 Å². The van der Waals surface area contributed by atoms with Gasteiger partial charge in [-0.1, -0.05) is 18.2 Å². The Morgan fingerprint density at radius 2 is 2.04 bits per heavy atom. The van der Waals surface area contributed by atoms with Crippen LogP contribution in [0.2, 0.25) is 0 Å². The second kappa shape index (κ2) is 10.2. The highest BCUT2D eigenvalue weighted by Crippen LogP contribution is 2.36. The molecule has 0 spiro atoms. The van der Waals surface area contributed by atoms with Crippen LogP contribution in [0.15, 0.2) is 35.7 Å². The Balaban J connectivity index is 0.000000465. The van der Waals surface area contributed by atoms with Crippen LogP contribution in [0.1, 0.15) is 34.8 Å². The molecule has 1 aliphatic carbocycles. The summed E-state index contributed by atoms with van der Waals surface area (Å²) in [6.07, 6.45) is 5.61. The molecule has 0 radical (unpaired) electrons. The number of nitrogens with zero attached hydrogens (tertiary/aromatic N) is 1. The van der Waals surface area contributed by atoms with Crippen molar-refractivity contribution in [3.63, 3.8) is 0 Å². The fraction of sp³-hybridized carbons (Fsp3) is 0.500. The first-order valence-electron chi connectivity index (χ1n) is 9.07. The van der Waals surface area contributed by atoms with Gasteiger partial charge in [0.2, 0.25) is 0 Å². The number of methoxy groups -OCH3 is 1. The Kier molecular flexibility index (Phi) is 8.28. The van der Waals surface area contributed by atoms with Crippen molar-refractivity contribution in [2.24, 2.45) is 0 Å². The molecule has 1 aromatic heterocycles. The largest absolute Gasteiger partial charge is 0.496 e. The van der Waals surface area contributed by atoms with Gasteiger partial charge in [0.1, 0.15) is 5.75 Å². The number of likely N-dealkylation sites (N-methyl/N-ethyl adjacent to an activating group) is 1. The Morgan fingerprint density at radius 3 is 2.67 bits per heavy atom. The van der Waals surface area contributed by atoms with Crippen LogP contribution in [0, 0.1) is 0 Å². The molecule has 1 N–H and O–H groups in total. The van der Waals surface area contributed by atoms with Gasteiger partial charge in [0.25, 0.3) is 10.1 Å². The Bertz CT molecular complexity index is 795. The third-order valence-electron chi connectivity index (χ3n) is 4.66. The molecule has 1 heterocycles. The van der Waals surface area contributed by atoms with Gasteiger partial charge >= 0.3 is 0 Å². The third kappa shape index (κ3) is 7.62. The van der Waals surface area contributed by atoms with Gasteiger partial charge in [0, 0.05) is 18.0 Å². The summed E-state index contributed by atoms with van der Waals surface area (Å²) >= 11 is 1.86. The van der Waals surface area contributed by atoms with Crippen LogP contribution in [0.5, 0.6) is 5.75 Å². The van der Waals surface area contributed by atoms with E-state index in [-0.39, 0.29) is 0 Å². The zero-order valence-electron chi connectivity index (χ0n) is 16.2. The lowest BCUT2D eigenvalue weighted by Gasteiger charge is -2.30. The second-order valence-electron chi connectivity index (χ2n) is 6.94. The predicted molar refractivity (Wildman–Crippen MR) is 112 cm³/mol. The molecule has 7 heteroatoms. The number of hydrogen-bond donors (Lipinski definition) is 1. The molecule has 27 heavy (non-hydrogen) atoms. The summed E-state index contributed by atoms with van der Waals surface area (Å²) < 4.78 is 31.4. The van der Waals surface area contributed by atoms with Gasteiger partial charge in [0.05, 0.1) is 13.4 Å². The highest BCUT2D eigenvalue weighted by atomic mass is 32.2. The number of ether oxygens (including phenoxy) is 1. The van der Waals surface area contributed by atoms with Crippen molar-refractivity contribution in [1.82, 2.24) is 4.90 Å². The average molecular weight is 412 g/mol. The number of thiophene rings is 1. The Hall–Kier alpha value is -1.41. The highest BCUT2D eigenvalue weighted by Gasteiger charge is 2.23. The van der Waals surface area contributed by atoms with Gasteiger partial charge in [-0.15, -0.1) is 11.3 Å². The van der Waals surface area contributed by atoms with Crippen molar-refractivity contribution in [3.05, 3.63) is 51.7 Å². The quantitative estimate of drug-likeness (QED) is 0.731. The van der Waals surface area contributed by atoms with Crippen LogP contribution >= 0.6 is 11.3 Å². The molecule has 0 aliphatic heterocycles. The molecule has 5 nitrogen and oxygen atoms in total. The van der Waals surface area contributed by atoms with Gasteiger partial charge in [-0.3, -0.25) is 4.55 Å². The fourth-order valence-corrected chi connectivity index (χ4v) is 4.22. The molecule has 0 saturated carbocycles. The molecule has 0 bridgehead atoms. The number of fused-ring (bicyclic) bond motifs is 1. The zero-order valence-corrected chi connectivity index (χ0v) is 17.9. The number of rotatable bonds is 6. The van der Waals surface area contributed by atoms with Crippen molar-refractivity contribution in [2.75, 3.05) is 33.5 Å². The minimum atomic E-state index is -3.67. The smallest absolute Gasteiger partial charge is 0.261 e. The van der Waals surface area contributed by atoms with Crippen LogP contribution in [0.25, 0.3) is 0 Å². The van der Waals surface area contributed by atoms with Crippen molar-refractivity contribution < 1.29 is 17.7 Å². The summed E-state index contributed by atoms with van der Waals surface area (Å²) in [5.41, 5.74) is 2.95. The van der Waals surface area contributed by atoms with Crippen LogP contribution in [-0.4, -0.2) is 51.4 Å². The van der Waals surface area contributed by atoms with Gasteiger partial charge < -0.3 is 9.64 Å². The lowest BCUT2D eigenvalue weighted by atomic mass is 9.82. The average Bonchev–Trinajstić information content (AvgIpc) is 3.12. The molecule has 1 aromatic carbocycles. The molecule has 2 aromatic rings. The minimum Gasteiger partial charge on any atom is -0.496 e. The molecule has 150 valence electrons. The van der Waals surface area contributed by atoms with Gasteiger partial charge in [-0.2, -0.15) is 8.42 Å². The van der Waals surface area contributed by atoms with Crippen molar-refractivity contribution in [1.29, 1.82) is 0 Å². The molecule has 0 fully saturated rings. The lowest BCUT2D eigenvalue weighted by molar-refractivity contribution is 0.300. The second-order valence-corrected chi connectivity index (χ2v) is 9.44. The summed E-state index contributed by atoms with van der Waals surface area (Å²) in [7, 11) is 0.369. The van der Waals surface area contributed by atoms with E-state index in [0.29, 0.717) is 12.2 Å². The van der Waals surface area contributed by atoms with Crippen LogP contribution in [0.4, 0.5) is 0 Å². The maximum Gasteiger partial charge on any atom is 0.261 e. The summed E-state index contributed by atoms with van der Waals surface area (Å²) in [6.45, 7) is 2.28. The molecule has 1 unspecified atom stereocenters. The molecule has 3 rings (SSSR count). The summed E-state index contributed by atoms with van der Waals surface area (Å²) in [6, 6.07) is 10.9. The normalized spacial score (nSPS) is 16.4. The Labute approximate surface area is 166 Å². The van der Waals surface area contributed by atoms with Crippen LogP contribution in [0.3, 0.4) is 0 Å². The van der Waals surface area contributed by atoms with Crippen LogP contribution in [-0.2, 0) is 23.0 Å². The number of hydrogen-bond acceptors (Lipinski definition) is 5. The maximum absolute atomic E-state index is 9.19. The Morgan fingerprint density at radius 1 is 1.30 bits per heavy atom. The molecule has 0 amide bonds. The van der Waals surface area contributed by atoms with Gasteiger partial charge in [0.15, 0.2) is 0 Å². The van der Waals surface area contributed by atoms with Crippen molar-refractivity contribution >= 4 is 21.5 Å². The molecular weight excluding hydrogens is 382 g/mol. The first kappa shape index (κ1) is 21.9. The first-order valence-corrected chi connectivity index (χ1v) is 11.8. The van der Waals surface area contributed by atoms with Gasteiger partial charge in [-0.25, -0.2) is 0 Å². The summed E-state index contributed by atoms with van der Waals surface area (Å²) in [5.74, 6) is 1.72. The van der Waals surface area contributed by atoms with E-state index in [2.05, 4.69) is 47.7 Å². The zero-order chi connectivity index (χ0) is 19.9. The molecule has 1 aliphatic rings. The predicted octanol–water partition coefficient (Wildman–Crippen LogP) is 3.86. The SMILES string of the molecule is COc1cccc2c1CCCC2CN(C)CCc1cccs1.CS(=O)(=O)O. The van der Waals surface area contributed by atoms with E-state index in [1.54, 1.807) is 7.11 Å². The minimum absolute atomic E-state index is 0.646. The monoisotopic (exact) mass is 411 g/mol. The first-order chi connectivity index (χ1) is 12.8.